The van der Waals surface area contributed by atoms with Crippen molar-refractivity contribution in [2.75, 3.05) is 0 Å². The van der Waals surface area contributed by atoms with Gasteiger partial charge in [-0.25, -0.2) is 0 Å². The van der Waals surface area contributed by atoms with Crippen molar-refractivity contribution >= 4 is 12.6 Å². The van der Waals surface area contributed by atoms with Crippen molar-refractivity contribution < 1.29 is 13.2 Å². The Morgan fingerprint density at radius 1 is 1.21 bits per heavy atom. The lowest BCUT2D eigenvalue weighted by atomic mass is 10.1. The molecule has 2 rings (SSSR count). The van der Waals surface area contributed by atoms with Gasteiger partial charge in [-0.2, -0.15) is 13.2 Å². The third-order valence-electron chi connectivity index (χ3n) is 2.37. The van der Waals surface area contributed by atoms with E-state index in [9.17, 15) is 13.2 Å². The molecular formula is C10H9F3S. The summed E-state index contributed by atoms with van der Waals surface area (Å²) < 4.78 is 37.4. The molecule has 0 unspecified atom stereocenters. The van der Waals surface area contributed by atoms with Crippen LogP contribution < -0.4 is 0 Å². The normalized spacial score (nSPS) is 17.1. The number of halogens is 3. The number of hydrogen-bond donors (Lipinski definition) is 1. The van der Waals surface area contributed by atoms with Crippen molar-refractivity contribution in [3.63, 3.8) is 0 Å². The van der Waals surface area contributed by atoms with Gasteiger partial charge in [0.15, 0.2) is 0 Å². The lowest BCUT2D eigenvalue weighted by molar-refractivity contribution is -0.139. The van der Waals surface area contributed by atoms with Crippen LogP contribution in [0.1, 0.15) is 29.9 Å². The summed E-state index contributed by atoms with van der Waals surface area (Å²) in [6.07, 6.45) is -2.28. The molecule has 1 aromatic rings. The summed E-state index contributed by atoms with van der Waals surface area (Å²) >= 11 is 3.81. The number of benzene rings is 1. The molecule has 1 fully saturated rings. The maximum Gasteiger partial charge on any atom is 0.417 e. The maximum atomic E-state index is 12.5. The molecule has 76 valence electrons. The lowest BCUT2D eigenvalue weighted by Crippen LogP contribution is -2.06. The summed E-state index contributed by atoms with van der Waals surface area (Å²) in [6.45, 7) is 0. The minimum atomic E-state index is -4.29. The fraction of sp³-hybridized carbons (Fsp3) is 0.400. The van der Waals surface area contributed by atoms with Gasteiger partial charge in [0.1, 0.15) is 0 Å². The monoisotopic (exact) mass is 218 g/mol. The highest BCUT2D eigenvalue weighted by molar-refractivity contribution is 7.80. The van der Waals surface area contributed by atoms with Crippen LogP contribution in [0.2, 0.25) is 0 Å². The van der Waals surface area contributed by atoms with E-state index in [-0.39, 0.29) is 4.90 Å². The molecule has 0 atom stereocenters. The van der Waals surface area contributed by atoms with E-state index in [1.807, 2.05) is 0 Å². The van der Waals surface area contributed by atoms with Gasteiger partial charge >= 0.3 is 6.18 Å². The van der Waals surface area contributed by atoms with E-state index in [4.69, 9.17) is 0 Å². The van der Waals surface area contributed by atoms with E-state index in [0.717, 1.165) is 18.4 Å². The van der Waals surface area contributed by atoms with Gasteiger partial charge in [-0.05, 0) is 36.5 Å². The van der Waals surface area contributed by atoms with E-state index < -0.39 is 11.7 Å². The average Bonchev–Trinajstić information content (AvgIpc) is 2.85. The molecule has 1 aromatic carbocycles. The Bertz CT molecular complexity index is 353. The Hall–Kier alpha value is -0.640. The van der Waals surface area contributed by atoms with E-state index in [2.05, 4.69) is 12.6 Å². The predicted molar refractivity (Wildman–Crippen MR) is 50.7 cm³/mol. The van der Waals surface area contributed by atoms with Crippen LogP contribution >= 0.6 is 12.6 Å². The van der Waals surface area contributed by atoms with Crippen molar-refractivity contribution in [1.82, 2.24) is 0 Å². The molecular weight excluding hydrogens is 209 g/mol. The van der Waals surface area contributed by atoms with E-state index in [0.29, 0.717) is 5.92 Å². The molecule has 0 radical (unpaired) electrons. The Morgan fingerprint density at radius 2 is 1.86 bits per heavy atom. The van der Waals surface area contributed by atoms with Crippen LogP contribution in [0.4, 0.5) is 13.2 Å². The molecule has 0 amide bonds. The van der Waals surface area contributed by atoms with E-state index in [1.54, 1.807) is 6.07 Å². The SMILES string of the molecule is FC(F)(F)c1cc(C2CC2)ccc1S. The smallest absolute Gasteiger partial charge is 0.166 e. The van der Waals surface area contributed by atoms with Gasteiger partial charge in [-0.1, -0.05) is 6.07 Å². The van der Waals surface area contributed by atoms with Crippen LogP contribution in [0.25, 0.3) is 0 Å². The molecule has 0 N–H and O–H groups in total. The summed E-state index contributed by atoms with van der Waals surface area (Å²) in [5.41, 5.74) is 0.167. The minimum Gasteiger partial charge on any atom is -0.166 e. The van der Waals surface area contributed by atoms with E-state index >= 15 is 0 Å². The van der Waals surface area contributed by atoms with E-state index in [1.165, 1.54) is 12.1 Å². The number of alkyl halides is 3. The Morgan fingerprint density at radius 3 is 2.36 bits per heavy atom. The molecule has 0 bridgehead atoms. The van der Waals surface area contributed by atoms with Crippen LogP contribution in [0.3, 0.4) is 0 Å². The average molecular weight is 218 g/mol. The molecule has 14 heavy (non-hydrogen) atoms. The maximum absolute atomic E-state index is 12.5. The van der Waals surface area contributed by atoms with Crippen LogP contribution in [0.15, 0.2) is 23.1 Å². The standard InChI is InChI=1S/C10H9F3S/c11-10(12,13)8-5-7(6-1-2-6)3-4-9(8)14/h3-6,14H,1-2H2. The summed E-state index contributed by atoms with van der Waals surface area (Å²) in [4.78, 5) is 0.00176. The number of hydrogen-bond acceptors (Lipinski definition) is 1. The first kappa shape index (κ1) is 9.90. The summed E-state index contributed by atoms with van der Waals surface area (Å²) in [5, 5.41) is 0. The van der Waals surface area contributed by atoms with Crippen LogP contribution in [-0.4, -0.2) is 0 Å². The zero-order valence-electron chi connectivity index (χ0n) is 7.30. The molecule has 1 saturated carbocycles. The summed E-state index contributed by atoms with van der Waals surface area (Å²) in [5.74, 6) is 0.338. The van der Waals surface area contributed by atoms with Gasteiger partial charge in [0.25, 0.3) is 0 Å². The third-order valence-corrected chi connectivity index (χ3v) is 2.76. The zero-order valence-corrected chi connectivity index (χ0v) is 8.20. The number of rotatable bonds is 1. The minimum absolute atomic E-state index is 0.00176. The van der Waals surface area contributed by atoms with Crippen LogP contribution in [-0.2, 0) is 6.18 Å². The molecule has 1 aliphatic carbocycles. The molecule has 0 aliphatic heterocycles. The fourth-order valence-corrected chi connectivity index (χ4v) is 1.72. The highest BCUT2D eigenvalue weighted by Crippen LogP contribution is 2.43. The van der Waals surface area contributed by atoms with Crippen molar-refractivity contribution in [2.45, 2.75) is 29.8 Å². The Labute approximate surface area is 85.5 Å². The van der Waals surface area contributed by atoms with Gasteiger partial charge < -0.3 is 0 Å². The molecule has 4 heteroatoms. The molecule has 0 aromatic heterocycles. The predicted octanol–water partition coefficient (Wildman–Crippen LogP) is 3.87. The van der Waals surface area contributed by atoms with Crippen molar-refractivity contribution in [1.29, 1.82) is 0 Å². The van der Waals surface area contributed by atoms with Gasteiger partial charge in [0.05, 0.1) is 5.56 Å². The third kappa shape index (κ3) is 1.90. The first-order chi connectivity index (χ1) is 6.48. The van der Waals surface area contributed by atoms with Gasteiger partial charge in [0, 0.05) is 4.90 Å². The van der Waals surface area contributed by atoms with Gasteiger partial charge in [0.2, 0.25) is 0 Å². The first-order valence-electron chi connectivity index (χ1n) is 4.38. The molecule has 0 saturated heterocycles. The second-order valence-electron chi connectivity index (χ2n) is 3.55. The summed E-state index contributed by atoms with van der Waals surface area (Å²) in [7, 11) is 0. The second-order valence-corrected chi connectivity index (χ2v) is 4.03. The molecule has 0 spiro atoms. The highest BCUT2D eigenvalue weighted by atomic mass is 32.1. The first-order valence-corrected chi connectivity index (χ1v) is 4.83. The van der Waals surface area contributed by atoms with Crippen molar-refractivity contribution in [3.8, 4) is 0 Å². The number of thiol groups is 1. The molecule has 0 heterocycles. The highest BCUT2D eigenvalue weighted by Gasteiger charge is 2.34. The lowest BCUT2D eigenvalue weighted by Gasteiger charge is -2.10. The van der Waals surface area contributed by atoms with Gasteiger partial charge in [-0.3, -0.25) is 0 Å². The summed E-state index contributed by atoms with van der Waals surface area (Å²) in [6, 6.07) is 4.38. The molecule has 1 aliphatic rings. The van der Waals surface area contributed by atoms with Crippen molar-refractivity contribution in [2.24, 2.45) is 0 Å². The largest absolute Gasteiger partial charge is 0.417 e. The molecule has 0 nitrogen and oxygen atoms in total. The van der Waals surface area contributed by atoms with Crippen LogP contribution in [0, 0.1) is 0 Å². The second kappa shape index (κ2) is 3.19. The van der Waals surface area contributed by atoms with Crippen molar-refractivity contribution in [3.05, 3.63) is 29.3 Å². The van der Waals surface area contributed by atoms with Gasteiger partial charge in [-0.15, -0.1) is 12.6 Å². The zero-order chi connectivity index (χ0) is 10.3. The quantitative estimate of drug-likeness (QED) is 0.679. The fourth-order valence-electron chi connectivity index (χ4n) is 1.45. The van der Waals surface area contributed by atoms with Crippen LogP contribution in [0.5, 0.6) is 0 Å². The topological polar surface area (TPSA) is 0 Å². The Kier molecular flexibility index (Phi) is 2.26. The Balaban J connectivity index is 2.41.